The first-order valence-corrected chi connectivity index (χ1v) is 11.9. The Morgan fingerprint density at radius 3 is 2.59 bits per heavy atom. The predicted molar refractivity (Wildman–Crippen MR) is 127 cm³/mol. The molecule has 2 aliphatic rings. The van der Waals surface area contributed by atoms with Crippen LogP contribution in [0.3, 0.4) is 0 Å². The van der Waals surface area contributed by atoms with Gasteiger partial charge in [-0.25, -0.2) is 9.18 Å². The number of ether oxygens (including phenoxy) is 1. The molecule has 34 heavy (non-hydrogen) atoms. The number of hydrogen-bond acceptors (Lipinski definition) is 6. The summed E-state index contributed by atoms with van der Waals surface area (Å²) in [5, 5.41) is 9.70. The van der Waals surface area contributed by atoms with Gasteiger partial charge in [0, 0.05) is 60.9 Å². The number of carboxylic acid groups (broad SMARTS) is 1. The molecule has 0 aliphatic carbocycles. The molecule has 0 unspecified atom stereocenters. The van der Waals surface area contributed by atoms with Crippen LogP contribution in [-0.2, 0) is 29.2 Å². The number of nitrogens with zero attached hydrogens (tertiary/aromatic N) is 2. The van der Waals surface area contributed by atoms with E-state index in [2.05, 4.69) is 4.90 Å². The molecule has 1 saturated heterocycles. The third-order valence-corrected chi connectivity index (χ3v) is 6.78. The first kappa shape index (κ1) is 24.2. The molecule has 2 aromatic rings. The van der Waals surface area contributed by atoms with Crippen molar-refractivity contribution in [2.45, 2.75) is 71.3 Å². The number of carbonyl (C=O) groups excluding carboxylic acids is 1. The normalized spacial score (nSPS) is 17.3. The van der Waals surface area contributed by atoms with Gasteiger partial charge >= 0.3 is 11.9 Å². The van der Waals surface area contributed by atoms with E-state index in [0.717, 1.165) is 17.7 Å². The standard InChI is InChI=1S/C25H32FN3O5/c1-14(2)10-20(27)25(33)34-16-5-8-28(9-6-16)21-15(12-26)11-18-22-17(21)4-3-7-29(22)13-19(23(18)30)24(31)32/h11,13-14,16,20H,3-10,12,27H2,1-2H3,(H,31,32)/t20-/m1/s1. The summed E-state index contributed by atoms with van der Waals surface area (Å²) in [6, 6.07) is 0.885. The number of rotatable bonds is 7. The Hall–Kier alpha value is -2.94. The van der Waals surface area contributed by atoms with Gasteiger partial charge < -0.3 is 25.0 Å². The second-order valence-corrected chi connectivity index (χ2v) is 9.73. The quantitative estimate of drug-likeness (QED) is 0.594. The van der Waals surface area contributed by atoms with Crippen LogP contribution in [0.4, 0.5) is 10.1 Å². The summed E-state index contributed by atoms with van der Waals surface area (Å²) in [6.07, 6.45) is 4.41. The van der Waals surface area contributed by atoms with E-state index in [0.29, 0.717) is 62.3 Å². The maximum absolute atomic E-state index is 14.2. The number of hydrogen-bond donors (Lipinski definition) is 2. The lowest BCUT2D eigenvalue weighted by Gasteiger charge is -2.37. The number of aromatic carboxylic acids is 1. The zero-order valence-electron chi connectivity index (χ0n) is 19.7. The molecule has 8 nitrogen and oxygen atoms in total. The molecule has 0 bridgehead atoms. The summed E-state index contributed by atoms with van der Waals surface area (Å²) in [5.41, 5.74) is 7.84. The zero-order chi connectivity index (χ0) is 24.6. The highest BCUT2D eigenvalue weighted by Gasteiger charge is 2.30. The summed E-state index contributed by atoms with van der Waals surface area (Å²) in [7, 11) is 0. The number of halogens is 1. The van der Waals surface area contributed by atoms with Gasteiger partial charge in [-0.1, -0.05) is 13.8 Å². The van der Waals surface area contributed by atoms with Crippen LogP contribution in [-0.4, -0.2) is 46.8 Å². The van der Waals surface area contributed by atoms with Crippen molar-refractivity contribution < 1.29 is 23.8 Å². The van der Waals surface area contributed by atoms with Crippen LogP contribution >= 0.6 is 0 Å². The number of esters is 1. The van der Waals surface area contributed by atoms with Crippen LogP contribution in [0, 0.1) is 5.92 Å². The van der Waals surface area contributed by atoms with Crippen LogP contribution in [0.5, 0.6) is 0 Å². The molecule has 1 atom stereocenters. The Balaban J connectivity index is 1.62. The number of aryl methyl sites for hydroxylation is 2. The summed E-state index contributed by atoms with van der Waals surface area (Å²) >= 11 is 0. The maximum atomic E-state index is 14.2. The highest BCUT2D eigenvalue weighted by atomic mass is 19.1. The van der Waals surface area contributed by atoms with Gasteiger partial charge in [0.15, 0.2) is 0 Å². The Morgan fingerprint density at radius 1 is 1.26 bits per heavy atom. The highest BCUT2D eigenvalue weighted by molar-refractivity contribution is 5.96. The smallest absolute Gasteiger partial charge is 0.341 e. The van der Waals surface area contributed by atoms with Crippen molar-refractivity contribution in [3.8, 4) is 0 Å². The Kier molecular flexibility index (Phi) is 6.93. The summed E-state index contributed by atoms with van der Waals surface area (Å²) < 4.78 is 21.7. The Morgan fingerprint density at radius 2 is 1.97 bits per heavy atom. The average molecular weight is 474 g/mol. The van der Waals surface area contributed by atoms with Crippen molar-refractivity contribution in [1.82, 2.24) is 4.57 Å². The number of aromatic nitrogens is 1. The van der Waals surface area contributed by atoms with Crippen molar-refractivity contribution in [2.75, 3.05) is 18.0 Å². The summed E-state index contributed by atoms with van der Waals surface area (Å²) in [4.78, 5) is 38.8. The fourth-order valence-corrected chi connectivity index (χ4v) is 5.25. The molecule has 4 rings (SSSR count). The second-order valence-electron chi connectivity index (χ2n) is 9.73. The molecular weight excluding hydrogens is 441 g/mol. The molecule has 0 radical (unpaired) electrons. The van der Waals surface area contributed by atoms with Crippen molar-refractivity contribution in [3.05, 3.63) is 39.2 Å². The van der Waals surface area contributed by atoms with Gasteiger partial charge in [-0.3, -0.25) is 9.59 Å². The zero-order valence-corrected chi connectivity index (χ0v) is 19.7. The number of benzene rings is 1. The number of alkyl halides is 1. The van der Waals surface area contributed by atoms with Gasteiger partial charge in [0.1, 0.15) is 24.4 Å². The molecule has 0 saturated carbocycles. The monoisotopic (exact) mass is 473 g/mol. The number of piperidine rings is 1. The van der Waals surface area contributed by atoms with E-state index < -0.39 is 24.1 Å². The van der Waals surface area contributed by atoms with Crippen molar-refractivity contribution in [3.63, 3.8) is 0 Å². The predicted octanol–water partition coefficient (Wildman–Crippen LogP) is 3.00. The van der Waals surface area contributed by atoms with E-state index in [4.69, 9.17) is 10.5 Å². The molecular formula is C25H32FN3O5. The lowest BCUT2D eigenvalue weighted by Crippen LogP contribution is -2.42. The van der Waals surface area contributed by atoms with Crippen molar-refractivity contribution in [2.24, 2.45) is 11.7 Å². The molecule has 1 fully saturated rings. The largest absolute Gasteiger partial charge is 0.477 e. The van der Waals surface area contributed by atoms with E-state index in [1.54, 1.807) is 0 Å². The van der Waals surface area contributed by atoms with Crippen molar-refractivity contribution in [1.29, 1.82) is 0 Å². The molecule has 1 aromatic heterocycles. The number of nitrogens with two attached hydrogens (primary N) is 1. The Labute approximate surface area is 197 Å². The molecule has 3 N–H and O–H groups in total. The third-order valence-electron chi connectivity index (χ3n) is 6.78. The maximum Gasteiger partial charge on any atom is 0.341 e. The minimum Gasteiger partial charge on any atom is -0.477 e. The van der Waals surface area contributed by atoms with Crippen LogP contribution in [0.25, 0.3) is 10.9 Å². The van der Waals surface area contributed by atoms with E-state index in [-0.39, 0.29) is 23.0 Å². The summed E-state index contributed by atoms with van der Waals surface area (Å²) in [6.45, 7) is 5.03. The number of pyridine rings is 1. The lowest BCUT2D eigenvalue weighted by molar-refractivity contribution is -0.152. The second kappa shape index (κ2) is 9.74. The third kappa shape index (κ3) is 4.53. The van der Waals surface area contributed by atoms with Gasteiger partial charge in [0.05, 0.1) is 5.52 Å². The molecule has 0 spiro atoms. The molecule has 2 aliphatic heterocycles. The number of carboxylic acids is 1. The van der Waals surface area contributed by atoms with E-state index in [1.165, 1.54) is 12.3 Å². The van der Waals surface area contributed by atoms with E-state index >= 15 is 0 Å². The first-order valence-electron chi connectivity index (χ1n) is 11.9. The minimum absolute atomic E-state index is 0.232. The van der Waals surface area contributed by atoms with Crippen molar-refractivity contribution >= 4 is 28.5 Å². The van der Waals surface area contributed by atoms with Gasteiger partial charge in [-0.15, -0.1) is 0 Å². The van der Waals surface area contributed by atoms with Crippen LogP contribution < -0.4 is 16.1 Å². The molecule has 0 amide bonds. The van der Waals surface area contributed by atoms with E-state index in [1.807, 2.05) is 18.4 Å². The average Bonchev–Trinajstić information content (AvgIpc) is 2.80. The van der Waals surface area contributed by atoms with Gasteiger partial charge in [0.2, 0.25) is 5.43 Å². The van der Waals surface area contributed by atoms with Crippen LogP contribution in [0.2, 0.25) is 0 Å². The molecule has 9 heteroatoms. The van der Waals surface area contributed by atoms with Gasteiger partial charge in [-0.2, -0.15) is 0 Å². The molecule has 1 aromatic carbocycles. The topological polar surface area (TPSA) is 115 Å². The lowest BCUT2D eigenvalue weighted by atomic mass is 9.93. The molecule has 3 heterocycles. The summed E-state index contributed by atoms with van der Waals surface area (Å²) in [5.74, 6) is -1.36. The first-order chi connectivity index (χ1) is 16.2. The van der Waals surface area contributed by atoms with Crippen LogP contribution in [0.1, 0.15) is 61.0 Å². The number of carbonyl (C=O) groups is 2. The van der Waals surface area contributed by atoms with Gasteiger partial charge in [0.25, 0.3) is 0 Å². The van der Waals surface area contributed by atoms with E-state index in [9.17, 15) is 23.9 Å². The Bertz CT molecular complexity index is 1170. The highest BCUT2D eigenvalue weighted by Crippen LogP contribution is 2.37. The van der Waals surface area contributed by atoms with Crippen LogP contribution in [0.15, 0.2) is 17.1 Å². The molecule has 184 valence electrons. The fraction of sp³-hybridized carbons (Fsp3) is 0.560. The van der Waals surface area contributed by atoms with Gasteiger partial charge in [-0.05, 0) is 31.2 Å². The SMILES string of the molecule is CC(C)C[C@@H](N)C(=O)OC1CCN(c2c(CF)cc3c(=O)c(C(=O)O)cn4c3c2CCC4)CC1. The fourth-order valence-electron chi connectivity index (χ4n) is 5.25. The minimum atomic E-state index is -1.28. The number of anilines is 1.